The van der Waals surface area contributed by atoms with E-state index >= 15 is 0 Å². The van der Waals surface area contributed by atoms with Gasteiger partial charge >= 0.3 is 6.03 Å². The Morgan fingerprint density at radius 2 is 1.56 bits per heavy atom. The largest absolute Gasteiger partial charge is 0.338 e. The zero-order chi connectivity index (χ0) is 12.2. The molecule has 0 spiro atoms. The molecule has 0 bridgehead atoms. The lowest BCUT2D eigenvalue weighted by molar-refractivity contribution is 0.239. The van der Waals surface area contributed by atoms with E-state index in [9.17, 15) is 4.79 Å². The molecular formula is C12H27N3O. The summed E-state index contributed by atoms with van der Waals surface area (Å²) in [5.41, 5.74) is 0. The van der Waals surface area contributed by atoms with Gasteiger partial charge in [-0.3, -0.25) is 0 Å². The van der Waals surface area contributed by atoms with Crippen LogP contribution in [-0.2, 0) is 0 Å². The van der Waals surface area contributed by atoms with Crippen molar-refractivity contribution in [1.82, 2.24) is 15.5 Å². The van der Waals surface area contributed by atoms with E-state index in [-0.39, 0.29) is 6.03 Å². The molecule has 96 valence electrons. The van der Waals surface area contributed by atoms with E-state index in [1.165, 1.54) is 0 Å². The monoisotopic (exact) mass is 229 g/mol. The predicted octanol–water partition coefficient (Wildman–Crippen LogP) is 1.82. The molecule has 0 aromatic heterocycles. The second-order valence-corrected chi connectivity index (χ2v) is 3.92. The first-order valence-corrected chi connectivity index (χ1v) is 6.48. The Morgan fingerprint density at radius 3 is 2.06 bits per heavy atom. The Labute approximate surface area is 99.8 Å². The summed E-state index contributed by atoms with van der Waals surface area (Å²) in [6.07, 6.45) is 3.18. The fraction of sp³-hybridized carbons (Fsp3) is 0.917. The second kappa shape index (κ2) is 10.7. The SMILES string of the molecule is CCCCNC(=O)NCCCN(CC)CC. The number of carbonyl (C=O) groups is 1. The highest BCUT2D eigenvalue weighted by molar-refractivity contribution is 5.73. The lowest BCUT2D eigenvalue weighted by Crippen LogP contribution is -2.37. The number of urea groups is 1. The van der Waals surface area contributed by atoms with Crippen LogP contribution in [0.2, 0.25) is 0 Å². The van der Waals surface area contributed by atoms with E-state index in [1.54, 1.807) is 0 Å². The Hall–Kier alpha value is -0.770. The molecule has 4 heteroatoms. The Balaban J connectivity index is 3.33. The molecule has 0 fully saturated rings. The zero-order valence-electron chi connectivity index (χ0n) is 11.0. The minimum absolute atomic E-state index is 0.0343. The maximum absolute atomic E-state index is 11.3. The lowest BCUT2D eigenvalue weighted by Gasteiger charge is -2.17. The van der Waals surface area contributed by atoms with Crippen molar-refractivity contribution in [2.45, 2.75) is 40.0 Å². The number of hydrogen-bond donors (Lipinski definition) is 2. The van der Waals surface area contributed by atoms with Crippen LogP contribution in [0.4, 0.5) is 4.79 Å². The normalized spacial score (nSPS) is 10.5. The zero-order valence-corrected chi connectivity index (χ0v) is 11.0. The van der Waals surface area contributed by atoms with Crippen molar-refractivity contribution in [2.75, 3.05) is 32.7 Å². The van der Waals surface area contributed by atoms with Gasteiger partial charge in [0.25, 0.3) is 0 Å². The fourth-order valence-electron chi connectivity index (χ4n) is 1.49. The van der Waals surface area contributed by atoms with Gasteiger partial charge in [-0.1, -0.05) is 27.2 Å². The molecule has 16 heavy (non-hydrogen) atoms. The van der Waals surface area contributed by atoms with E-state index in [0.29, 0.717) is 0 Å². The van der Waals surface area contributed by atoms with Crippen LogP contribution in [0.15, 0.2) is 0 Å². The summed E-state index contributed by atoms with van der Waals surface area (Å²) in [5, 5.41) is 5.70. The van der Waals surface area contributed by atoms with Gasteiger partial charge in [0.1, 0.15) is 0 Å². The number of nitrogens with zero attached hydrogens (tertiary/aromatic N) is 1. The van der Waals surface area contributed by atoms with Crippen LogP contribution in [0.5, 0.6) is 0 Å². The molecule has 2 amide bonds. The molecule has 0 heterocycles. The molecule has 0 aliphatic carbocycles. The van der Waals surface area contributed by atoms with Gasteiger partial charge in [0, 0.05) is 13.1 Å². The average molecular weight is 229 g/mol. The van der Waals surface area contributed by atoms with Gasteiger partial charge in [0.2, 0.25) is 0 Å². The van der Waals surface area contributed by atoms with E-state index in [4.69, 9.17) is 0 Å². The molecule has 0 aromatic rings. The topological polar surface area (TPSA) is 44.4 Å². The molecule has 0 atom stereocenters. The summed E-state index contributed by atoms with van der Waals surface area (Å²) in [7, 11) is 0. The Bertz CT molecular complexity index is 170. The first kappa shape index (κ1) is 15.2. The predicted molar refractivity (Wildman–Crippen MR) is 68.7 cm³/mol. The van der Waals surface area contributed by atoms with Gasteiger partial charge in [-0.25, -0.2) is 4.79 Å². The average Bonchev–Trinajstić information content (AvgIpc) is 2.30. The molecule has 0 rings (SSSR count). The van der Waals surface area contributed by atoms with Crippen molar-refractivity contribution in [1.29, 1.82) is 0 Å². The van der Waals surface area contributed by atoms with Crippen LogP contribution in [-0.4, -0.2) is 43.7 Å². The molecule has 4 nitrogen and oxygen atoms in total. The van der Waals surface area contributed by atoms with Crippen molar-refractivity contribution >= 4 is 6.03 Å². The summed E-state index contributed by atoms with van der Waals surface area (Å²) in [6, 6.07) is -0.0343. The van der Waals surface area contributed by atoms with Gasteiger partial charge in [0.05, 0.1) is 0 Å². The first-order chi connectivity index (χ1) is 7.74. The third-order valence-corrected chi connectivity index (χ3v) is 2.65. The van der Waals surface area contributed by atoms with Crippen LogP contribution < -0.4 is 10.6 Å². The summed E-state index contributed by atoms with van der Waals surface area (Å²) in [5.74, 6) is 0. The van der Waals surface area contributed by atoms with Gasteiger partial charge in [-0.2, -0.15) is 0 Å². The number of hydrogen-bond acceptors (Lipinski definition) is 2. The van der Waals surface area contributed by atoms with Crippen LogP contribution in [0, 0.1) is 0 Å². The number of nitrogens with one attached hydrogen (secondary N) is 2. The standard InChI is InChI=1S/C12H27N3O/c1-4-7-9-13-12(16)14-10-8-11-15(5-2)6-3/h4-11H2,1-3H3,(H2,13,14,16). The van der Waals surface area contributed by atoms with Gasteiger partial charge < -0.3 is 15.5 Å². The van der Waals surface area contributed by atoms with Gasteiger partial charge in [-0.15, -0.1) is 0 Å². The highest BCUT2D eigenvalue weighted by atomic mass is 16.2. The molecule has 0 aliphatic heterocycles. The molecule has 0 saturated heterocycles. The maximum atomic E-state index is 11.3. The van der Waals surface area contributed by atoms with E-state index in [0.717, 1.165) is 52.0 Å². The van der Waals surface area contributed by atoms with Crippen molar-refractivity contribution in [2.24, 2.45) is 0 Å². The van der Waals surface area contributed by atoms with E-state index < -0.39 is 0 Å². The smallest absolute Gasteiger partial charge is 0.314 e. The molecule has 0 unspecified atom stereocenters. The van der Waals surface area contributed by atoms with Crippen LogP contribution in [0.1, 0.15) is 40.0 Å². The van der Waals surface area contributed by atoms with E-state index in [1.807, 2.05) is 0 Å². The van der Waals surface area contributed by atoms with E-state index in [2.05, 4.69) is 36.3 Å². The van der Waals surface area contributed by atoms with Crippen LogP contribution in [0.25, 0.3) is 0 Å². The summed E-state index contributed by atoms with van der Waals surface area (Å²) in [4.78, 5) is 13.6. The number of unbranched alkanes of at least 4 members (excludes halogenated alkanes) is 1. The Morgan fingerprint density at radius 1 is 1.00 bits per heavy atom. The van der Waals surface area contributed by atoms with Crippen molar-refractivity contribution in [3.8, 4) is 0 Å². The second-order valence-electron chi connectivity index (χ2n) is 3.92. The fourth-order valence-corrected chi connectivity index (χ4v) is 1.49. The van der Waals surface area contributed by atoms with Crippen molar-refractivity contribution in [3.63, 3.8) is 0 Å². The minimum atomic E-state index is -0.0343. The highest BCUT2D eigenvalue weighted by Gasteiger charge is 2.00. The van der Waals surface area contributed by atoms with Crippen molar-refractivity contribution < 1.29 is 4.79 Å². The quantitative estimate of drug-likeness (QED) is 0.592. The number of rotatable bonds is 9. The maximum Gasteiger partial charge on any atom is 0.314 e. The summed E-state index contributed by atoms with van der Waals surface area (Å²) >= 11 is 0. The number of carbonyl (C=O) groups excluding carboxylic acids is 1. The molecular weight excluding hydrogens is 202 g/mol. The molecule has 0 aliphatic rings. The lowest BCUT2D eigenvalue weighted by atomic mass is 10.3. The van der Waals surface area contributed by atoms with Gasteiger partial charge in [0.15, 0.2) is 0 Å². The van der Waals surface area contributed by atoms with Gasteiger partial charge in [-0.05, 0) is 32.5 Å². The van der Waals surface area contributed by atoms with Crippen LogP contribution in [0.3, 0.4) is 0 Å². The van der Waals surface area contributed by atoms with Crippen LogP contribution >= 0.6 is 0 Å². The molecule has 0 radical (unpaired) electrons. The number of amides is 2. The minimum Gasteiger partial charge on any atom is -0.338 e. The Kier molecular flexibility index (Phi) is 10.2. The first-order valence-electron chi connectivity index (χ1n) is 6.48. The highest BCUT2D eigenvalue weighted by Crippen LogP contribution is 1.89. The molecule has 0 aromatic carbocycles. The molecule has 0 saturated carbocycles. The molecule has 2 N–H and O–H groups in total. The van der Waals surface area contributed by atoms with Crippen molar-refractivity contribution in [3.05, 3.63) is 0 Å². The third-order valence-electron chi connectivity index (χ3n) is 2.65. The summed E-state index contributed by atoms with van der Waals surface area (Å²) in [6.45, 7) is 11.2. The third kappa shape index (κ3) is 8.53. The summed E-state index contributed by atoms with van der Waals surface area (Å²) < 4.78 is 0.